The Hall–Kier alpha value is -1.79. The van der Waals surface area contributed by atoms with Crippen LogP contribution >= 0.6 is 0 Å². The first kappa shape index (κ1) is 15.1. The van der Waals surface area contributed by atoms with Crippen molar-refractivity contribution in [2.24, 2.45) is 5.41 Å². The summed E-state index contributed by atoms with van der Waals surface area (Å²) in [5.74, 6) is -0.114. The SMILES string of the molecule is CCCCNC(=O)NC1CC2(C1)CC1(C2)NC(=O)N(C)C1=O. The summed E-state index contributed by atoms with van der Waals surface area (Å²) in [5.41, 5.74) is -0.546. The predicted molar refractivity (Wildman–Crippen MR) is 80.2 cm³/mol. The van der Waals surface area contributed by atoms with Crippen LogP contribution in [0.4, 0.5) is 9.59 Å². The second-order valence-corrected chi connectivity index (χ2v) is 7.09. The minimum Gasteiger partial charge on any atom is -0.338 e. The first-order valence-electron chi connectivity index (χ1n) is 8.04. The van der Waals surface area contributed by atoms with Gasteiger partial charge in [-0.2, -0.15) is 0 Å². The predicted octanol–water partition coefficient (Wildman–Crippen LogP) is 0.949. The molecule has 0 aromatic rings. The zero-order valence-electron chi connectivity index (χ0n) is 13.2. The Kier molecular flexibility index (Phi) is 3.53. The lowest BCUT2D eigenvalue weighted by atomic mass is 9.47. The van der Waals surface area contributed by atoms with Crippen LogP contribution in [0.15, 0.2) is 0 Å². The maximum Gasteiger partial charge on any atom is 0.324 e. The fourth-order valence-electron chi connectivity index (χ4n) is 4.21. The number of hydrogen-bond donors (Lipinski definition) is 3. The van der Waals surface area contributed by atoms with Gasteiger partial charge in [0.1, 0.15) is 5.54 Å². The molecule has 2 saturated carbocycles. The van der Waals surface area contributed by atoms with E-state index in [1.807, 2.05) is 0 Å². The van der Waals surface area contributed by atoms with E-state index >= 15 is 0 Å². The molecule has 0 aromatic heterocycles. The van der Waals surface area contributed by atoms with Crippen molar-refractivity contribution in [3.63, 3.8) is 0 Å². The van der Waals surface area contributed by atoms with E-state index in [2.05, 4.69) is 22.9 Å². The van der Waals surface area contributed by atoms with Gasteiger partial charge in [-0.15, -0.1) is 0 Å². The van der Waals surface area contributed by atoms with Crippen LogP contribution in [-0.4, -0.2) is 48.0 Å². The molecule has 0 unspecified atom stereocenters. The minimum absolute atomic E-state index is 0.104. The Balaban J connectivity index is 1.43. The second-order valence-electron chi connectivity index (χ2n) is 7.09. The number of carbonyl (C=O) groups is 3. The molecule has 1 saturated heterocycles. The lowest BCUT2D eigenvalue weighted by Crippen LogP contribution is -2.68. The van der Waals surface area contributed by atoms with E-state index in [1.54, 1.807) is 0 Å². The van der Waals surface area contributed by atoms with Crippen molar-refractivity contribution < 1.29 is 14.4 Å². The van der Waals surface area contributed by atoms with Gasteiger partial charge in [0.2, 0.25) is 0 Å². The highest BCUT2D eigenvalue weighted by atomic mass is 16.2. The van der Waals surface area contributed by atoms with Gasteiger partial charge in [0.25, 0.3) is 5.91 Å². The van der Waals surface area contributed by atoms with E-state index < -0.39 is 5.54 Å². The number of rotatable bonds is 4. The van der Waals surface area contributed by atoms with Gasteiger partial charge in [-0.1, -0.05) is 13.3 Å². The molecule has 0 radical (unpaired) electrons. The molecule has 1 heterocycles. The number of carbonyl (C=O) groups excluding carboxylic acids is 3. The summed E-state index contributed by atoms with van der Waals surface area (Å²) in [4.78, 5) is 36.5. The average molecular weight is 308 g/mol. The Morgan fingerprint density at radius 2 is 2.05 bits per heavy atom. The first-order chi connectivity index (χ1) is 10.4. The van der Waals surface area contributed by atoms with Crippen molar-refractivity contribution in [2.75, 3.05) is 13.6 Å². The van der Waals surface area contributed by atoms with E-state index in [0.29, 0.717) is 19.4 Å². The third-order valence-electron chi connectivity index (χ3n) is 5.23. The number of amides is 5. The van der Waals surface area contributed by atoms with Gasteiger partial charge < -0.3 is 16.0 Å². The van der Waals surface area contributed by atoms with Crippen LogP contribution in [0.1, 0.15) is 45.4 Å². The number of likely N-dealkylation sites (N-methyl/N-ethyl adjacent to an activating group) is 1. The standard InChI is InChI=1S/C15H24N4O3/c1-3-4-5-16-12(21)17-10-6-14(7-10)8-15(9-14)11(20)19(2)13(22)18-15/h10H,3-9H2,1-2H3,(H,18,22)(H2,16,17,21). The number of hydrogen-bond acceptors (Lipinski definition) is 3. The largest absolute Gasteiger partial charge is 0.338 e. The summed E-state index contributed by atoms with van der Waals surface area (Å²) in [6.45, 7) is 2.79. The Morgan fingerprint density at radius 3 is 2.59 bits per heavy atom. The van der Waals surface area contributed by atoms with Gasteiger partial charge in [-0.25, -0.2) is 9.59 Å². The topological polar surface area (TPSA) is 90.5 Å². The molecule has 0 aromatic carbocycles. The van der Waals surface area contributed by atoms with Gasteiger partial charge in [-0.3, -0.25) is 9.69 Å². The van der Waals surface area contributed by atoms with Crippen LogP contribution < -0.4 is 16.0 Å². The number of unbranched alkanes of at least 4 members (excludes halogenated alkanes) is 1. The monoisotopic (exact) mass is 308 g/mol. The van der Waals surface area contributed by atoms with Crippen molar-refractivity contribution in [3.05, 3.63) is 0 Å². The number of nitrogens with zero attached hydrogens (tertiary/aromatic N) is 1. The highest BCUT2D eigenvalue weighted by Crippen LogP contribution is 2.61. The number of nitrogens with one attached hydrogen (secondary N) is 3. The highest BCUT2D eigenvalue weighted by Gasteiger charge is 2.67. The molecule has 7 nitrogen and oxygen atoms in total. The lowest BCUT2D eigenvalue weighted by Gasteiger charge is -2.60. The minimum atomic E-state index is -0.666. The van der Waals surface area contributed by atoms with Crippen LogP contribution in [0.25, 0.3) is 0 Å². The normalized spacial score (nSPS) is 36.1. The Morgan fingerprint density at radius 1 is 1.36 bits per heavy atom. The van der Waals surface area contributed by atoms with Crippen LogP contribution in [0.5, 0.6) is 0 Å². The maximum atomic E-state index is 12.1. The first-order valence-corrected chi connectivity index (χ1v) is 8.04. The lowest BCUT2D eigenvalue weighted by molar-refractivity contribution is -0.146. The molecule has 1 aliphatic heterocycles. The molecule has 3 rings (SSSR count). The van der Waals surface area contributed by atoms with E-state index in [4.69, 9.17) is 0 Å². The van der Waals surface area contributed by atoms with Crippen LogP contribution in [0.3, 0.4) is 0 Å². The van der Waals surface area contributed by atoms with Crippen molar-refractivity contribution >= 4 is 18.0 Å². The van der Waals surface area contributed by atoms with Crippen molar-refractivity contribution in [2.45, 2.75) is 57.0 Å². The molecule has 0 atom stereocenters. The summed E-state index contributed by atoms with van der Waals surface area (Å²) in [6.07, 6.45) is 5.23. The second kappa shape index (κ2) is 5.14. The molecule has 122 valence electrons. The molecule has 2 spiro atoms. The van der Waals surface area contributed by atoms with E-state index in [9.17, 15) is 14.4 Å². The number of urea groups is 2. The van der Waals surface area contributed by atoms with E-state index in [0.717, 1.165) is 25.7 Å². The van der Waals surface area contributed by atoms with Gasteiger partial charge in [0.05, 0.1) is 0 Å². The molecule has 2 aliphatic carbocycles. The molecule has 3 N–H and O–H groups in total. The van der Waals surface area contributed by atoms with Crippen molar-refractivity contribution in [1.29, 1.82) is 0 Å². The molecule has 3 fully saturated rings. The maximum absolute atomic E-state index is 12.1. The third-order valence-corrected chi connectivity index (χ3v) is 5.23. The summed E-state index contributed by atoms with van der Waals surface area (Å²) < 4.78 is 0. The van der Waals surface area contributed by atoms with Crippen molar-refractivity contribution in [1.82, 2.24) is 20.9 Å². The summed E-state index contributed by atoms with van der Waals surface area (Å²) in [6, 6.07) is -0.222. The summed E-state index contributed by atoms with van der Waals surface area (Å²) in [7, 11) is 1.52. The molecular formula is C15H24N4O3. The molecule has 3 aliphatic rings. The van der Waals surface area contributed by atoms with Gasteiger partial charge in [-0.05, 0) is 37.5 Å². The van der Waals surface area contributed by atoms with Crippen LogP contribution in [0, 0.1) is 5.41 Å². The molecular weight excluding hydrogens is 284 g/mol. The Labute approximate surface area is 130 Å². The van der Waals surface area contributed by atoms with Crippen LogP contribution in [-0.2, 0) is 4.79 Å². The zero-order valence-corrected chi connectivity index (χ0v) is 13.2. The average Bonchev–Trinajstić information content (AvgIpc) is 2.61. The van der Waals surface area contributed by atoms with Crippen molar-refractivity contribution in [3.8, 4) is 0 Å². The van der Waals surface area contributed by atoms with Gasteiger partial charge >= 0.3 is 12.1 Å². The third kappa shape index (κ3) is 2.32. The summed E-state index contributed by atoms with van der Waals surface area (Å²) in [5, 5.41) is 8.64. The van der Waals surface area contributed by atoms with E-state index in [1.165, 1.54) is 11.9 Å². The van der Waals surface area contributed by atoms with E-state index in [-0.39, 0.29) is 29.4 Å². The smallest absolute Gasteiger partial charge is 0.324 e. The molecule has 0 bridgehead atoms. The summed E-state index contributed by atoms with van der Waals surface area (Å²) >= 11 is 0. The fraction of sp³-hybridized carbons (Fsp3) is 0.800. The van der Waals surface area contributed by atoms with Crippen LogP contribution in [0.2, 0.25) is 0 Å². The molecule has 7 heteroatoms. The fourth-order valence-corrected chi connectivity index (χ4v) is 4.21. The Bertz CT molecular complexity index is 505. The highest BCUT2D eigenvalue weighted by molar-refractivity contribution is 6.07. The molecule has 5 amide bonds. The zero-order chi connectivity index (χ0) is 16.0. The number of imide groups is 1. The van der Waals surface area contributed by atoms with Gasteiger partial charge in [0.15, 0.2) is 0 Å². The quantitative estimate of drug-likeness (QED) is 0.533. The van der Waals surface area contributed by atoms with Gasteiger partial charge in [0, 0.05) is 19.6 Å². The molecule has 22 heavy (non-hydrogen) atoms.